The van der Waals surface area contributed by atoms with Crippen LogP contribution in [0.5, 0.6) is 17.2 Å². The van der Waals surface area contributed by atoms with Gasteiger partial charge in [0.1, 0.15) is 13.2 Å². The number of amides is 1. The van der Waals surface area contributed by atoms with Crippen LogP contribution in [0.2, 0.25) is 0 Å². The Morgan fingerprint density at radius 3 is 2.78 bits per heavy atom. The normalized spacial score (nSPS) is 12.9. The van der Waals surface area contributed by atoms with Crippen LogP contribution >= 0.6 is 0 Å². The number of aromatic amines is 1. The number of rotatable bonds is 5. The largest absolute Gasteiger partial charge is 0.493 e. The second-order valence-electron chi connectivity index (χ2n) is 6.24. The molecule has 1 aromatic heterocycles. The van der Waals surface area contributed by atoms with E-state index >= 15 is 0 Å². The second kappa shape index (κ2) is 7.99. The summed E-state index contributed by atoms with van der Waals surface area (Å²) in [7, 11) is 1.55. The van der Waals surface area contributed by atoms with Gasteiger partial charge < -0.3 is 24.5 Å². The number of ether oxygens (including phenoxy) is 3. The summed E-state index contributed by atoms with van der Waals surface area (Å²) in [5.41, 5.74) is 2.74. The molecule has 2 aromatic rings. The number of fused-ring (bicyclic) bond motifs is 1. The predicted molar refractivity (Wildman–Crippen MR) is 101 cm³/mol. The van der Waals surface area contributed by atoms with Gasteiger partial charge in [-0.15, -0.1) is 0 Å². The molecule has 0 saturated heterocycles. The van der Waals surface area contributed by atoms with Gasteiger partial charge in [0.05, 0.1) is 7.11 Å². The summed E-state index contributed by atoms with van der Waals surface area (Å²) in [6.45, 7) is 4.77. The second-order valence-corrected chi connectivity index (χ2v) is 6.24. The van der Waals surface area contributed by atoms with E-state index in [-0.39, 0.29) is 18.0 Å². The van der Waals surface area contributed by atoms with E-state index in [0.717, 1.165) is 16.8 Å². The van der Waals surface area contributed by atoms with Gasteiger partial charge in [0.25, 0.3) is 5.56 Å². The Balaban J connectivity index is 1.69. The smallest absolute Gasteiger partial charge is 0.253 e. The monoisotopic (exact) mass is 370 g/mol. The maximum atomic E-state index is 12.1. The van der Waals surface area contributed by atoms with Crippen LogP contribution in [-0.2, 0) is 11.3 Å². The molecule has 0 bridgehead atoms. The molecule has 0 radical (unpaired) electrons. The molecule has 7 nitrogen and oxygen atoms in total. The molecule has 7 heteroatoms. The van der Waals surface area contributed by atoms with Gasteiger partial charge >= 0.3 is 0 Å². The van der Waals surface area contributed by atoms with Gasteiger partial charge in [0, 0.05) is 23.9 Å². The summed E-state index contributed by atoms with van der Waals surface area (Å²) < 4.78 is 16.5. The summed E-state index contributed by atoms with van der Waals surface area (Å²) in [5.74, 6) is 1.40. The van der Waals surface area contributed by atoms with Crippen LogP contribution in [0.25, 0.3) is 6.08 Å². The topological polar surface area (TPSA) is 89.7 Å². The number of aryl methyl sites for hydroxylation is 2. The number of carbonyl (C=O) groups is 1. The first-order valence-electron chi connectivity index (χ1n) is 8.61. The Bertz CT molecular complexity index is 929. The number of nitrogens with one attached hydrogen (secondary N) is 2. The van der Waals surface area contributed by atoms with E-state index in [0.29, 0.717) is 36.0 Å². The summed E-state index contributed by atoms with van der Waals surface area (Å²) in [6.07, 6.45) is 3.06. The number of methoxy groups -OCH3 is 1. The van der Waals surface area contributed by atoms with Crippen LogP contribution in [-0.4, -0.2) is 31.2 Å². The van der Waals surface area contributed by atoms with E-state index in [1.165, 1.54) is 6.08 Å². The van der Waals surface area contributed by atoms with E-state index < -0.39 is 0 Å². The molecule has 0 unspecified atom stereocenters. The molecular formula is C20H22N2O5. The molecule has 0 fully saturated rings. The molecule has 3 rings (SSSR count). The van der Waals surface area contributed by atoms with E-state index in [2.05, 4.69) is 10.3 Å². The number of pyridine rings is 1. The van der Waals surface area contributed by atoms with Crippen molar-refractivity contribution < 1.29 is 19.0 Å². The van der Waals surface area contributed by atoms with Crippen molar-refractivity contribution in [2.75, 3.05) is 20.3 Å². The Morgan fingerprint density at radius 2 is 2.04 bits per heavy atom. The molecule has 27 heavy (non-hydrogen) atoms. The molecule has 1 aliphatic rings. The summed E-state index contributed by atoms with van der Waals surface area (Å²) in [4.78, 5) is 26.9. The lowest BCUT2D eigenvalue weighted by atomic mass is 10.1. The van der Waals surface area contributed by atoms with E-state index in [1.807, 2.05) is 19.9 Å². The quantitative estimate of drug-likeness (QED) is 0.787. The van der Waals surface area contributed by atoms with Gasteiger partial charge in [-0.05, 0) is 49.2 Å². The summed E-state index contributed by atoms with van der Waals surface area (Å²) in [5, 5.41) is 2.73. The van der Waals surface area contributed by atoms with Crippen molar-refractivity contribution in [2.45, 2.75) is 20.4 Å². The van der Waals surface area contributed by atoms with E-state index in [1.54, 1.807) is 25.3 Å². The highest BCUT2D eigenvalue weighted by Crippen LogP contribution is 2.40. The van der Waals surface area contributed by atoms with Gasteiger partial charge in [-0.1, -0.05) is 0 Å². The number of carbonyl (C=O) groups excluding carboxylic acids is 1. The molecule has 1 amide bonds. The van der Waals surface area contributed by atoms with Crippen molar-refractivity contribution in [1.82, 2.24) is 10.3 Å². The summed E-state index contributed by atoms with van der Waals surface area (Å²) >= 11 is 0. The van der Waals surface area contributed by atoms with Crippen molar-refractivity contribution in [3.8, 4) is 17.2 Å². The molecule has 2 heterocycles. The Kier molecular flexibility index (Phi) is 5.49. The lowest BCUT2D eigenvalue weighted by molar-refractivity contribution is -0.116. The van der Waals surface area contributed by atoms with Crippen LogP contribution in [0, 0.1) is 13.8 Å². The minimum Gasteiger partial charge on any atom is -0.493 e. The van der Waals surface area contributed by atoms with E-state index in [9.17, 15) is 9.59 Å². The number of benzene rings is 1. The third kappa shape index (κ3) is 4.31. The maximum absolute atomic E-state index is 12.1. The minimum atomic E-state index is -0.303. The third-order valence-corrected chi connectivity index (χ3v) is 4.21. The molecule has 0 aliphatic carbocycles. The van der Waals surface area contributed by atoms with Gasteiger partial charge in [0.15, 0.2) is 11.5 Å². The molecule has 142 valence electrons. The molecule has 0 saturated carbocycles. The first-order chi connectivity index (χ1) is 13.0. The van der Waals surface area contributed by atoms with Crippen LogP contribution in [0.4, 0.5) is 0 Å². The highest BCUT2D eigenvalue weighted by atomic mass is 16.6. The average Bonchev–Trinajstić information content (AvgIpc) is 2.64. The summed E-state index contributed by atoms with van der Waals surface area (Å²) in [6, 6.07) is 5.43. The van der Waals surface area contributed by atoms with Gasteiger partial charge in [0.2, 0.25) is 11.7 Å². The number of H-pyrrole nitrogens is 1. The first-order valence-corrected chi connectivity index (χ1v) is 8.61. The third-order valence-electron chi connectivity index (χ3n) is 4.21. The fourth-order valence-electron chi connectivity index (χ4n) is 2.90. The van der Waals surface area contributed by atoms with Gasteiger partial charge in [-0.25, -0.2) is 0 Å². The molecule has 2 N–H and O–H groups in total. The van der Waals surface area contributed by atoms with Gasteiger partial charge in [-0.3, -0.25) is 9.59 Å². The van der Waals surface area contributed by atoms with Crippen molar-refractivity contribution >= 4 is 12.0 Å². The molecule has 1 aromatic carbocycles. The van der Waals surface area contributed by atoms with Crippen molar-refractivity contribution in [3.05, 3.63) is 57.0 Å². The minimum absolute atomic E-state index is 0.162. The Hall–Kier alpha value is -3.22. The highest BCUT2D eigenvalue weighted by molar-refractivity contribution is 5.91. The first kappa shape index (κ1) is 18.6. The van der Waals surface area contributed by atoms with Crippen molar-refractivity contribution in [3.63, 3.8) is 0 Å². The standard InChI is InChI=1S/C20H22N2O5/c1-12-8-13(2)22-20(24)15(12)11-21-18(23)5-4-14-9-16(25-3)19-17(10-14)26-6-7-27-19/h4-5,8-10H,6-7,11H2,1-3H3,(H,21,23)(H,22,24)/b5-4+. The highest BCUT2D eigenvalue weighted by Gasteiger charge is 2.17. The fourth-order valence-corrected chi connectivity index (χ4v) is 2.90. The number of aromatic nitrogens is 1. The zero-order chi connectivity index (χ0) is 19.4. The molecule has 0 atom stereocenters. The molecular weight excluding hydrogens is 348 g/mol. The lowest BCUT2D eigenvalue weighted by Crippen LogP contribution is -2.26. The average molecular weight is 370 g/mol. The van der Waals surface area contributed by atoms with Crippen LogP contribution in [0.3, 0.4) is 0 Å². The molecule has 0 spiro atoms. The zero-order valence-corrected chi connectivity index (χ0v) is 15.5. The SMILES string of the molecule is COc1cc(/C=C/C(=O)NCc2c(C)cc(C)[nH]c2=O)cc2c1OCCO2. The van der Waals surface area contributed by atoms with Crippen molar-refractivity contribution in [1.29, 1.82) is 0 Å². The van der Waals surface area contributed by atoms with Gasteiger partial charge in [-0.2, -0.15) is 0 Å². The van der Waals surface area contributed by atoms with Crippen LogP contribution in [0.15, 0.2) is 29.1 Å². The fraction of sp³-hybridized carbons (Fsp3) is 0.300. The number of hydrogen-bond donors (Lipinski definition) is 2. The lowest BCUT2D eigenvalue weighted by Gasteiger charge is -2.20. The predicted octanol–water partition coefficient (Wildman–Crippen LogP) is 2.10. The Labute approximate surface area is 157 Å². The maximum Gasteiger partial charge on any atom is 0.253 e. The Morgan fingerprint density at radius 1 is 1.26 bits per heavy atom. The van der Waals surface area contributed by atoms with Crippen LogP contribution < -0.4 is 25.1 Å². The van der Waals surface area contributed by atoms with Crippen molar-refractivity contribution in [2.24, 2.45) is 0 Å². The number of hydrogen-bond acceptors (Lipinski definition) is 5. The zero-order valence-electron chi connectivity index (χ0n) is 15.5. The molecule has 1 aliphatic heterocycles. The van der Waals surface area contributed by atoms with Crippen LogP contribution in [0.1, 0.15) is 22.4 Å². The van der Waals surface area contributed by atoms with E-state index in [4.69, 9.17) is 14.2 Å².